The number of methoxy groups -OCH3 is 1. The molecule has 2 aromatic heterocycles. The molecule has 2 aromatic rings. The number of carbonyl (C=O) groups is 1. The van der Waals surface area contributed by atoms with Crippen LogP contribution in [0.3, 0.4) is 0 Å². The normalized spacial score (nSPS) is 12.7. The maximum Gasteiger partial charge on any atom is 0.341 e. The molecule has 134 valence electrons. The number of ether oxygens (including phenoxy) is 1. The van der Waals surface area contributed by atoms with E-state index in [1.54, 1.807) is 28.4 Å². The number of anilines is 1. The third-order valence-electron chi connectivity index (χ3n) is 3.99. The number of esters is 1. The van der Waals surface area contributed by atoms with Crippen LogP contribution in [-0.2, 0) is 24.1 Å². The molecule has 9 heteroatoms. The van der Waals surface area contributed by atoms with Gasteiger partial charge in [0.2, 0.25) is 0 Å². The molecule has 0 spiro atoms. The lowest BCUT2D eigenvalue weighted by Crippen LogP contribution is -2.30. The summed E-state index contributed by atoms with van der Waals surface area (Å²) in [5.74, 6) is -0.305. The van der Waals surface area contributed by atoms with E-state index in [4.69, 9.17) is 28.6 Å². The minimum Gasteiger partial charge on any atom is -0.465 e. The Morgan fingerprint density at radius 1 is 1.52 bits per heavy atom. The molecule has 3 rings (SSSR count). The van der Waals surface area contributed by atoms with Gasteiger partial charge >= 0.3 is 5.97 Å². The Morgan fingerprint density at radius 2 is 2.36 bits per heavy atom. The number of thiocarbonyl (C=S) groups is 1. The maximum absolute atomic E-state index is 12.1. The van der Waals surface area contributed by atoms with Gasteiger partial charge in [-0.1, -0.05) is 11.6 Å². The van der Waals surface area contributed by atoms with Gasteiger partial charge < -0.3 is 15.4 Å². The smallest absolute Gasteiger partial charge is 0.341 e. The van der Waals surface area contributed by atoms with E-state index in [1.807, 2.05) is 0 Å². The molecule has 1 aliphatic rings. The highest BCUT2D eigenvalue weighted by Gasteiger charge is 2.27. The Bertz CT molecular complexity index is 787. The molecule has 0 radical (unpaired) electrons. The van der Waals surface area contributed by atoms with Crippen molar-refractivity contribution in [1.82, 2.24) is 15.1 Å². The van der Waals surface area contributed by atoms with Gasteiger partial charge in [-0.3, -0.25) is 4.68 Å². The number of hydrogen-bond acceptors (Lipinski definition) is 5. The van der Waals surface area contributed by atoms with Crippen LogP contribution in [0.4, 0.5) is 5.00 Å². The van der Waals surface area contributed by atoms with Crippen molar-refractivity contribution in [2.75, 3.05) is 19.0 Å². The third-order valence-corrected chi connectivity index (χ3v) is 5.64. The zero-order valence-corrected chi connectivity index (χ0v) is 16.2. The summed E-state index contributed by atoms with van der Waals surface area (Å²) in [7, 11) is 1.41. The molecule has 0 saturated heterocycles. The standard InChI is InChI=1S/C16H19ClN4O2S2/c1-23-15(22)13-11-4-2-5-12(11)25-14(13)20-16(24)18-6-3-7-21-9-10(17)8-19-21/h8-9H,2-7H2,1H3,(H2,18,20,24). The fourth-order valence-electron chi connectivity index (χ4n) is 2.86. The highest BCUT2D eigenvalue weighted by atomic mass is 35.5. The number of nitrogens with zero attached hydrogens (tertiary/aromatic N) is 2. The quantitative estimate of drug-likeness (QED) is 0.442. The number of hydrogen-bond donors (Lipinski definition) is 2. The topological polar surface area (TPSA) is 68.2 Å². The van der Waals surface area contributed by atoms with E-state index in [1.165, 1.54) is 12.0 Å². The number of fused-ring (bicyclic) bond motifs is 1. The van der Waals surface area contributed by atoms with Crippen LogP contribution in [0.5, 0.6) is 0 Å². The SMILES string of the molecule is COC(=O)c1c(NC(=S)NCCCn2cc(Cl)cn2)sc2c1CCC2. The summed E-state index contributed by atoms with van der Waals surface area (Å²) in [6, 6.07) is 0. The Kier molecular flexibility index (Phi) is 5.93. The van der Waals surface area contributed by atoms with E-state index in [-0.39, 0.29) is 5.97 Å². The zero-order chi connectivity index (χ0) is 17.8. The molecule has 0 bridgehead atoms. The summed E-state index contributed by atoms with van der Waals surface area (Å²) in [6.07, 6.45) is 7.28. The predicted molar refractivity (Wildman–Crippen MR) is 104 cm³/mol. The van der Waals surface area contributed by atoms with Crippen LogP contribution in [-0.4, -0.2) is 34.5 Å². The fourth-order valence-corrected chi connectivity index (χ4v) is 4.57. The lowest BCUT2D eigenvalue weighted by molar-refractivity contribution is 0.0601. The summed E-state index contributed by atoms with van der Waals surface area (Å²) < 4.78 is 6.73. The van der Waals surface area contributed by atoms with E-state index in [0.29, 0.717) is 22.2 Å². The van der Waals surface area contributed by atoms with Gasteiger partial charge in [0.25, 0.3) is 0 Å². The molecule has 0 aliphatic heterocycles. The van der Waals surface area contributed by atoms with Gasteiger partial charge in [0, 0.05) is 24.2 Å². The summed E-state index contributed by atoms with van der Waals surface area (Å²) >= 11 is 12.8. The van der Waals surface area contributed by atoms with E-state index < -0.39 is 0 Å². The summed E-state index contributed by atoms with van der Waals surface area (Å²) in [5.41, 5.74) is 1.74. The van der Waals surface area contributed by atoms with Gasteiger partial charge in [-0.05, 0) is 43.5 Å². The van der Waals surface area contributed by atoms with Gasteiger partial charge in [-0.2, -0.15) is 5.10 Å². The fraction of sp³-hybridized carbons (Fsp3) is 0.438. The molecule has 25 heavy (non-hydrogen) atoms. The van der Waals surface area contributed by atoms with Crippen LogP contribution in [0.2, 0.25) is 5.02 Å². The number of rotatable bonds is 6. The van der Waals surface area contributed by atoms with E-state index >= 15 is 0 Å². The lowest BCUT2D eigenvalue weighted by atomic mass is 10.1. The van der Waals surface area contributed by atoms with Crippen LogP contribution in [0.15, 0.2) is 12.4 Å². The summed E-state index contributed by atoms with van der Waals surface area (Å²) in [6.45, 7) is 1.45. The minimum absolute atomic E-state index is 0.305. The first-order valence-corrected chi connectivity index (χ1v) is 9.64. The molecule has 0 aromatic carbocycles. The number of thiophene rings is 1. The van der Waals surface area contributed by atoms with Crippen molar-refractivity contribution < 1.29 is 9.53 Å². The van der Waals surface area contributed by atoms with Gasteiger partial charge in [0.15, 0.2) is 5.11 Å². The van der Waals surface area contributed by atoms with Gasteiger partial charge in [-0.25, -0.2) is 4.79 Å². The number of aryl methyl sites for hydroxylation is 2. The summed E-state index contributed by atoms with van der Waals surface area (Å²) in [4.78, 5) is 13.4. The molecule has 0 amide bonds. The van der Waals surface area contributed by atoms with Crippen LogP contribution in [0.25, 0.3) is 0 Å². The second kappa shape index (κ2) is 8.16. The number of carbonyl (C=O) groups excluding carboxylic acids is 1. The average molecular weight is 399 g/mol. The van der Waals surface area contributed by atoms with Crippen molar-refractivity contribution in [2.24, 2.45) is 0 Å². The Hall–Kier alpha value is -1.64. The van der Waals surface area contributed by atoms with Crippen molar-refractivity contribution in [3.05, 3.63) is 33.4 Å². The number of nitrogens with one attached hydrogen (secondary N) is 2. The van der Waals surface area contributed by atoms with Crippen LogP contribution >= 0.6 is 35.2 Å². The van der Waals surface area contributed by atoms with Gasteiger partial charge in [-0.15, -0.1) is 11.3 Å². The molecular weight excluding hydrogens is 380 g/mol. The second-order valence-electron chi connectivity index (χ2n) is 5.71. The predicted octanol–water partition coefficient (Wildman–Crippen LogP) is 3.25. The first kappa shape index (κ1) is 18.2. The zero-order valence-electron chi connectivity index (χ0n) is 13.8. The van der Waals surface area contributed by atoms with Crippen LogP contribution < -0.4 is 10.6 Å². The van der Waals surface area contributed by atoms with Crippen LogP contribution in [0.1, 0.15) is 33.6 Å². The Labute approximate surface area is 160 Å². The molecule has 6 nitrogen and oxygen atoms in total. The molecular formula is C16H19ClN4O2S2. The van der Waals surface area contributed by atoms with Crippen molar-refractivity contribution in [3.63, 3.8) is 0 Å². The molecule has 2 N–H and O–H groups in total. The highest BCUT2D eigenvalue weighted by molar-refractivity contribution is 7.80. The number of aromatic nitrogens is 2. The summed E-state index contributed by atoms with van der Waals surface area (Å²) in [5, 5.41) is 12.3. The molecule has 0 fully saturated rings. The molecule has 0 atom stereocenters. The Morgan fingerprint density at radius 3 is 3.08 bits per heavy atom. The monoisotopic (exact) mass is 398 g/mol. The molecule has 0 unspecified atom stereocenters. The van der Waals surface area contributed by atoms with Gasteiger partial charge in [0.1, 0.15) is 5.00 Å². The third kappa shape index (κ3) is 4.31. The van der Waals surface area contributed by atoms with Crippen molar-refractivity contribution in [2.45, 2.75) is 32.2 Å². The first-order chi connectivity index (χ1) is 12.1. The number of halogens is 1. The second-order valence-corrected chi connectivity index (χ2v) is 7.66. The molecule has 1 aliphatic carbocycles. The molecule has 2 heterocycles. The Balaban J connectivity index is 1.53. The van der Waals surface area contributed by atoms with E-state index in [2.05, 4.69) is 15.7 Å². The lowest BCUT2D eigenvalue weighted by Gasteiger charge is -2.11. The highest BCUT2D eigenvalue weighted by Crippen LogP contribution is 2.39. The first-order valence-electron chi connectivity index (χ1n) is 8.04. The minimum atomic E-state index is -0.305. The molecule has 0 saturated carbocycles. The largest absolute Gasteiger partial charge is 0.465 e. The van der Waals surface area contributed by atoms with Crippen molar-refractivity contribution >= 4 is 51.2 Å². The average Bonchev–Trinajstić information content (AvgIpc) is 3.27. The van der Waals surface area contributed by atoms with Crippen molar-refractivity contribution in [1.29, 1.82) is 0 Å². The van der Waals surface area contributed by atoms with Crippen LogP contribution in [0, 0.1) is 0 Å². The van der Waals surface area contributed by atoms with E-state index in [9.17, 15) is 4.79 Å². The maximum atomic E-state index is 12.1. The van der Waals surface area contributed by atoms with Gasteiger partial charge in [0.05, 0.1) is 23.9 Å². The van der Waals surface area contributed by atoms with E-state index in [0.717, 1.165) is 42.8 Å². The van der Waals surface area contributed by atoms with Crippen molar-refractivity contribution in [3.8, 4) is 0 Å².